The van der Waals surface area contributed by atoms with Gasteiger partial charge in [-0.3, -0.25) is 19.2 Å². The summed E-state index contributed by atoms with van der Waals surface area (Å²) in [6.45, 7) is 1.30. The SMILES string of the molecule is CC(=O)Oc1ccc(C(=O)[C@@H]2[C@H](C(=O)c3ccccc3Cl)[C@@]3(C(=O)Nc4ccccc43)[C@H]3c4ccccc4C=CN23)cc1. The van der Waals surface area contributed by atoms with E-state index in [2.05, 4.69) is 5.32 Å². The Hall–Kier alpha value is -5.01. The standard InChI is InChI=1S/C35H25ClN2O5/c1-20(39)43-23-16-14-22(15-17-23)31(40)30-29(32(41)25-10-4-6-12-27(25)36)35(26-11-5-7-13-28(26)37-34(35)42)33-24-9-3-2-8-21(24)18-19-38(30)33/h2-19,29-30,33H,1H3,(H,37,42)/t29-,30+,33-,35-/m1/s1. The van der Waals surface area contributed by atoms with Crippen molar-refractivity contribution in [2.75, 3.05) is 5.32 Å². The normalized spacial score (nSPS) is 22.9. The van der Waals surface area contributed by atoms with Crippen molar-refractivity contribution in [3.05, 3.63) is 136 Å². The summed E-state index contributed by atoms with van der Waals surface area (Å²) in [6, 6.07) is 26.3. The molecule has 0 aliphatic carbocycles. The average Bonchev–Trinajstić information content (AvgIpc) is 3.49. The molecule has 0 unspecified atom stereocenters. The smallest absolute Gasteiger partial charge is 0.308 e. The lowest BCUT2D eigenvalue weighted by Crippen LogP contribution is -2.49. The number of benzene rings is 4. The third-order valence-corrected chi connectivity index (χ3v) is 8.99. The number of halogens is 1. The van der Waals surface area contributed by atoms with Crippen molar-refractivity contribution >= 4 is 46.8 Å². The van der Waals surface area contributed by atoms with Gasteiger partial charge in [0.15, 0.2) is 11.6 Å². The van der Waals surface area contributed by atoms with Crippen LogP contribution in [-0.2, 0) is 15.0 Å². The molecule has 0 bridgehead atoms. The number of ketones is 2. The summed E-state index contributed by atoms with van der Waals surface area (Å²) in [6.07, 6.45) is 3.73. The van der Waals surface area contributed by atoms with Gasteiger partial charge in [0, 0.05) is 29.9 Å². The lowest BCUT2D eigenvalue weighted by atomic mass is 9.62. The number of Topliss-reactive ketones (excluding diaryl/α,β-unsaturated/α-hetero) is 2. The molecule has 4 atom stereocenters. The summed E-state index contributed by atoms with van der Waals surface area (Å²) in [5.41, 5.74) is 2.11. The molecule has 3 aliphatic heterocycles. The Balaban J connectivity index is 1.49. The van der Waals surface area contributed by atoms with Gasteiger partial charge in [-0.15, -0.1) is 0 Å². The van der Waals surface area contributed by atoms with Crippen LogP contribution >= 0.6 is 11.6 Å². The monoisotopic (exact) mass is 588 g/mol. The molecule has 3 heterocycles. The maximum absolute atomic E-state index is 14.8. The molecule has 3 aliphatic rings. The molecule has 1 saturated heterocycles. The van der Waals surface area contributed by atoms with Crippen molar-refractivity contribution in [2.45, 2.75) is 24.4 Å². The quantitative estimate of drug-likeness (QED) is 0.168. The van der Waals surface area contributed by atoms with Gasteiger partial charge in [0.2, 0.25) is 5.91 Å². The van der Waals surface area contributed by atoms with Crippen LogP contribution in [0.5, 0.6) is 5.75 Å². The van der Waals surface area contributed by atoms with Gasteiger partial charge < -0.3 is 15.0 Å². The first-order valence-electron chi connectivity index (χ1n) is 13.9. The summed E-state index contributed by atoms with van der Waals surface area (Å²) in [5.74, 6) is -2.41. The first-order chi connectivity index (χ1) is 20.8. The maximum Gasteiger partial charge on any atom is 0.308 e. The zero-order chi connectivity index (χ0) is 29.9. The number of nitrogens with zero attached hydrogens (tertiary/aromatic N) is 1. The van der Waals surface area contributed by atoms with E-state index in [0.29, 0.717) is 22.6 Å². The molecule has 8 heteroatoms. The van der Waals surface area contributed by atoms with Crippen LogP contribution in [-0.4, -0.2) is 34.4 Å². The maximum atomic E-state index is 14.8. The number of fused-ring (bicyclic) bond motifs is 6. The van der Waals surface area contributed by atoms with Crippen LogP contribution in [0.25, 0.3) is 6.08 Å². The van der Waals surface area contributed by atoms with E-state index in [1.807, 2.05) is 65.7 Å². The number of amides is 1. The fourth-order valence-electron chi connectivity index (χ4n) is 7.02. The van der Waals surface area contributed by atoms with Crippen LogP contribution in [0.3, 0.4) is 0 Å². The fraction of sp³-hybridized carbons (Fsp3) is 0.143. The highest BCUT2D eigenvalue weighted by molar-refractivity contribution is 6.34. The van der Waals surface area contributed by atoms with Crippen molar-refractivity contribution in [3.8, 4) is 5.75 Å². The van der Waals surface area contributed by atoms with Crippen molar-refractivity contribution in [2.24, 2.45) is 5.92 Å². The molecule has 212 valence electrons. The number of nitrogens with one attached hydrogen (secondary N) is 1. The van der Waals surface area contributed by atoms with Gasteiger partial charge in [-0.1, -0.05) is 66.2 Å². The molecule has 1 fully saturated rings. The summed E-state index contributed by atoms with van der Waals surface area (Å²) < 4.78 is 5.17. The van der Waals surface area contributed by atoms with E-state index in [-0.39, 0.29) is 22.3 Å². The van der Waals surface area contributed by atoms with Crippen LogP contribution in [0.15, 0.2) is 103 Å². The molecule has 4 aromatic carbocycles. The third kappa shape index (κ3) is 3.96. The van der Waals surface area contributed by atoms with E-state index in [4.69, 9.17) is 16.3 Å². The average molecular weight is 589 g/mol. The molecule has 4 aromatic rings. The zero-order valence-corrected chi connectivity index (χ0v) is 23.7. The summed E-state index contributed by atoms with van der Waals surface area (Å²) in [7, 11) is 0. The van der Waals surface area contributed by atoms with Crippen LogP contribution in [0.1, 0.15) is 50.4 Å². The second-order valence-electron chi connectivity index (χ2n) is 10.9. The molecule has 1 N–H and O–H groups in total. The van der Waals surface area contributed by atoms with Crippen LogP contribution in [0.4, 0.5) is 5.69 Å². The molecule has 0 aromatic heterocycles. The third-order valence-electron chi connectivity index (χ3n) is 8.66. The van der Waals surface area contributed by atoms with Crippen molar-refractivity contribution < 1.29 is 23.9 Å². The summed E-state index contributed by atoms with van der Waals surface area (Å²) in [4.78, 5) is 57.3. The van der Waals surface area contributed by atoms with Crippen LogP contribution < -0.4 is 10.1 Å². The van der Waals surface area contributed by atoms with E-state index >= 15 is 0 Å². The molecule has 7 rings (SSSR count). The highest BCUT2D eigenvalue weighted by atomic mass is 35.5. The van der Waals surface area contributed by atoms with E-state index in [9.17, 15) is 19.2 Å². The Morgan fingerprint density at radius 1 is 0.860 bits per heavy atom. The second kappa shape index (κ2) is 10.1. The Morgan fingerprint density at radius 2 is 1.56 bits per heavy atom. The number of carbonyl (C=O) groups is 4. The van der Waals surface area contributed by atoms with Gasteiger partial charge in [-0.2, -0.15) is 0 Å². The Bertz CT molecular complexity index is 1870. The topological polar surface area (TPSA) is 92.8 Å². The molecular weight excluding hydrogens is 564 g/mol. The van der Waals surface area contributed by atoms with Crippen molar-refractivity contribution in [1.29, 1.82) is 0 Å². The zero-order valence-electron chi connectivity index (χ0n) is 23.0. The van der Waals surface area contributed by atoms with E-state index in [1.165, 1.54) is 6.92 Å². The van der Waals surface area contributed by atoms with Crippen LogP contribution in [0.2, 0.25) is 5.02 Å². The minimum absolute atomic E-state index is 0.242. The molecule has 1 spiro atoms. The van der Waals surface area contributed by atoms with Gasteiger partial charge in [-0.05, 0) is 65.2 Å². The highest BCUT2D eigenvalue weighted by Gasteiger charge is 2.70. The predicted molar refractivity (Wildman–Crippen MR) is 162 cm³/mol. The molecule has 0 radical (unpaired) electrons. The van der Waals surface area contributed by atoms with E-state index in [1.54, 1.807) is 48.5 Å². The Morgan fingerprint density at radius 3 is 2.33 bits per heavy atom. The van der Waals surface area contributed by atoms with Gasteiger partial charge in [0.25, 0.3) is 0 Å². The lowest BCUT2D eigenvalue weighted by molar-refractivity contribution is -0.131. The first-order valence-corrected chi connectivity index (χ1v) is 14.3. The molecule has 7 nitrogen and oxygen atoms in total. The minimum Gasteiger partial charge on any atom is -0.427 e. The van der Waals surface area contributed by atoms with Crippen molar-refractivity contribution in [3.63, 3.8) is 0 Å². The van der Waals surface area contributed by atoms with E-state index < -0.39 is 35.2 Å². The number of esters is 1. The Kier molecular flexibility index (Phi) is 6.29. The summed E-state index contributed by atoms with van der Waals surface area (Å²) >= 11 is 6.59. The first kappa shape index (κ1) is 26.9. The minimum atomic E-state index is -1.45. The number of hydrogen-bond acceptors (Lipinski definition) is 6. The second-order valence-corrected chi connectivity index (χ2v) is 11.3. The molecular formula is C35H25ClN2O5. The molecule has 0 saturated carbocycles. The summed E-state index contributed by atoms with van der Waals surface area (Å²) in [5, 5.41) is 3.28. The molecule has 43 heavy (non-hydrogen) atoms. The Labute approximate surface area is 252 Å². The number of para-hydroxylation sites is 1. The predicted octanol–water partition coefficient (Wildman–Crippen LogP) is 6.25. The number of hydrogen-bond donors (Lipinski definition) is 1. The van der Waals surface area contributed by atoms with Gasteiger partial charge in [0.05, 0.1) is 17.0 Å². The van der Waals surface area contributed by atoms with Gasteiger partial charge in [-0.25, -0.2) is 0 Å². The fourth-order valence-corrected chi connectivity index (χ4v) is 7.25. The lowest BCUT2D eigenvalue weighted by Gasteiger charge is -2.38. The number of rotatable bonds is 5. The largest absolute Gasteiger partial charge is 0.427 e. The highest BCUT2D eigenvalue weighted by Crippen LogP contribution is 2.62. The van der Waals surface area contributed by atoms with Crippen LogP contribution in [0, 0.1) is 5.92 Å². The van der Waals surface area contributed by atoms with Gasteiger partial charge in [0.1, 0.15) is 17.2 Å². The number of ether oxygens (including phenoxy) is 1. The number of anilines is 1. The molecule has 1 amide bonds. The van der Waals surface area contributed by atoms with Gasteiger partial charge >= 0.3 is 5.97 Å². The van der Waals surface area contributed by atoms with Crippen molar-refractivity contribution in [1.82, 2.24) is 4.90 Å². The van der Waals surface area contributed by atoms with E-state index in [0.717, 1.165) is 11.1 Å². The number of carbonyl (C=O) groups excluding carboxylic acids is 4.